The zero-order valence-corrected chi connectivity index (χ0v) is 16.3. The van der Waals surface area contributed by atoms with Gasteiger partial charge < -0.3 is 14.4 Å². The highest BCUT2D eigenvalue weighted by molar-refractivity contribution is 5.86. The molecule has 6 rings (SSSR count). The Morgan fingerprint density at radius 3 is 2.14 bits per heavy atom. The molecule has 1 amide bonds. The summed E-state index contributed by atoms with van der Waals surface area (Å²) in [6.45, 7) is 2.18. The molecule has 1 aromatic rings. The topological polar surface area (TPSA) is 55.8 Å². The molecule has 0 aromatic heterocycles. The van der Waals surface area contributed by atoms with E-state index in [2.05, 4.69) is 0 Å². The number of hydrogen-bond acceptors (Lipinski definition) is 4. The molecule has 0 spiro atoms. The highest BCUT2D eigenvalue weighted by atomic mass is 16.5. The first-order valence-electron chi connectivity index (χ1n) is 10.8. The van der Waals surface area contributed by atoms with Crippen molar-refractivity contribution in [2.45, 2.75) is 38.2 Å². The van der Waals surface area contributed by atoms with Crippen molar-refractivity contribution in [3.63, 3.8) is 0 Å². The molecule has 28 heavy (non-hydrogen) atoms. The van der Waals surface area contributed by atoms with E-state index in [1.54, 1.807) is 4.90 Å². The summed E-state index contributed by atoms with van der Waals surface area (Å²) in [4.78, 5) is 28.3. The summed E-state index contributed by atoms with van der Waals surface area (Å²) in [5.74, 6) is 2.25. The molecule has 4 bridgehead atoms. The van der Waals surface area contributed by atoms with Crippen LogP contribution in [0.15, 0.2) is 30.3 Å². The Morgan fingerprint density at radius 1 is 0.929 bits per heavy atom. The normalized spacial score (nSPS) is 34.9. The van der Waals surface area contributed by atoms with Gasteiger partial charge in [0.25, 0.3) is 5.91 Å². The van der Waals surface area contributed by atoms with Gasteiger partial charge in [-0.05, 0) is 55.8 Å². The second-order valence-corrected chi connectivity index (χ2v) is 9.12. The third kappa shape index (κ3) is 3.34. The van der Waals surface area contributed by atoms with Gasteiger partial charge in [-0.1, -0.05) is 30.3 Å². The maximum atomic E-state index is 13.3. The first-order valence-corrected chi connectivity index (χ1v) is 10.8. The zero-order chi connectivity index (χ0) is 19.1. The molecule has 0 N–H and O–H groups in total. The fraction of sp³-hybridized carbons (Fsp3) is 0.652. The van der Waals surface area contributed by atoms with Crippen LogP contribution in [-0.4, -0.2) is 43.1 Å². The summed E-state index contributed by atoms with van der Waals surface area (Å²) in [7, 11) is 0. The van der Waals surface area contributed by atoms with Crippen LogP contribution in [0, 0.1) is 29.6 Å². The van der Waals surface area contributed by atoms with Gasteiger partial charge in [-0.3, -0.25) is 9.59 Å². The number of hydrogen-bond donors (Lipinski definition) is 0. The van der Waals surface area contributed by atoms with Crippen molar-refractivity contribution in [2.24, 2.45) is 29.6 Å². The van der Waals surface area contributed by atoms with E-state index in [1.807, 2.05) is 30.3 Å². The van der Waals surface area contributed by atoms with E-state index in [9.17, 15) is 9.59 Å². The molecule has 1 heterocycles. The average molecular weight is 383 g/mol. The summed E-state index contributed by atoms with van der Waals surface area (Å²) >= 11 is 0. The van der Waals surface area contributed by atoms with Crippen LogP contribution in [0.5, 0.6) is 0 Å². The summed E-state index contributed by atoms with van der Waals surface area (Å²) in [5.41, 5.74) is 0.760. The van der Waals surface area contributed by atoms with Gasteiger partial charge in [-0.15, -0.1) is 0 Å². The van der Waals surface area contributed by atoms with E-state index in [0.29, 0.717) is 38.1 Å². The lowest BCUT2D eigenvalue weighted by Gasteiger charge is -2.53. The van der Waals surface area contributed by atoms with E-state index in [1.165, 1.54) is 32.1 Å². The SMILES string of the molecule is O=C(O[C@H](C(=O)N1CCOCC1)c1ccccc1)C1C2CC3CC(C2)CC1C3. The van der Waals surface area contributed by atoms with E-state index in [0.717, 1.165) is 17.4 Å². The maximum Gasteiger partial charge on any atom is 0.310 e. The van der Waals surface area contributed by atoms with Crippen molar-refractivity contribution in [3.05, 3.63) is 35.9 Å². The molecule has 5 nitrogen and oxygen atoms in total. The third-order valence-electron chi connectivity index (χ3n) is 7.38. The molecule has 1 aliphatic heterocycles. The number of carbonyl (C=O) groups excluding carboxylic acids is 2. The lowest BCUT2D eigenvalue weighted by molar-refractivity contribution is -0.175. The molecule has 150 valence electrons. The molecule has 4 aliphatic carbocycles. The fourth-order valence-corrected chi connectivity index (χ4v) is 6.34. The van der Waals surface area contributed by atoms with Gasteiger partial charge >= 0.3 is 5.97 Å². The van der Waals surface area contributed by atoms with E-state index in [-0.39, 0.29) is 17.8 Å². The van der Waals surface area contributed by atoms with Crippen LogP contribution in [0.4, 0.5) is 0 Å². The Balaban J connectivity index is 1.35. The minimum absolute atomic E-state index is 0.0171. The van der Waals surface area contributed by atoms with Crippen LogP contribution < -0.4 is 0 Å². The average Bonchev–Trinajstić information content (AvgIpc) is 2.72. The van der Waals surface area contributed by atoms with Crippen LogP contribution >= 0.6 is 0 Å². The first-order chi connectivity index (χ1) is 13.7. The second-order valence-electron chi connectivity index (χ2n) is 9.12. The predicted molar refractivity (Wildman–Crippen MR) is 103 cm³/mol. The number of amides is 1. The van der Waals surface area contributed by atoms with Crippen molar-refractivity contribution < 1.29 is 19.1 Å². The Bertz CT molecular complexity index is 699. The lowest BCUT2D eigenvalue weighted by atomic mass is 9.52. The Kier molecular flexibility index (Phi) is 4.87. The van der Waals surface area contributed by atoms with Crippen LogP contribution in [0.25, 0.3) is 0 Å². The summed E-state index contributed by atoms with van der Waals surface area (Å²) in [6, 6.07) is 9.47. The number of ether oxygens (including phenoxy) is 2. The molecule has 1 atom stereocenters. The molecular formula is C23H29NO4. The first kappa shape index (κ1) is 18.2. The molecule has 5 aliphatic rings. The Hall–Kier alpha value is -1.88. The van der Waals surface area contributed by atoms with Crippen molar-refractivity contribution in [1.82, 2.24) is 4.90 Å². The highest BCUT2D eigenvalue weighted by Crippen LogP contribution is 2.57. The number of carbonyl (C=O) groups is 2. The predicted octanol–water partition coefficient (Wildman–Crippen LogP) is 3.20. The van der Waals surface area contributed by atoms with Crippen molar-refractivity contribution in [3.8, 4) is 0 Å². The van der Waals surface area contributed by atoms with Gasteiger partial charge in [-0.25, -0.2) is 0 Å². The smallest absolute Gasteiger partial charge is 0.310 e. The van der Waals surface area contributed by atoms with E-state index < -0.39 is 6.10 Å². The Morgan fingerprint density at radius 2 is 1.54 bits per heavy atom. The standard InChI is InChI=1S/C23H29NO4/c25-22(24-6-8-27-9-7-24)21(17-4-2-1-3-5-17)28-23(26)20-18-11-15-10-16(13-18)14-19(20)12-15/h1-5,15-16,18-21H,6-14H2/t15?,16?,18?,19?,20?,21-/m0/s1. The molecule has 4 saturated carbocycles. The van der Waals surface area contributed by atoms with E-state index in [4.69, 9.17) is 9.47 Å². The highest BCUT2D eigenvalue weighted by Gasteiger charge is 2.52. The van der Waals surface area contributed by atoms with Crippen LogP contribution in [0.1, 0.15) is 43.8 Å². The number of esters is 1. The summed E-state index contributed by atoms with van der Waals surface area (Å²) in [6.07, 6.45) is 5.18. The quantitative estimate of drug-likeness (QED) is 0.750. The van der Waals surface area contributed by atoms with Crippen LogP contribution in [0.3, 0.4) is 0 Å². The maximum absolute atomic E-state index is 13.3. The van der Waals surface area contributed by atoms with Gasteiger partial charge in [0.2, 0.25) is 6.10 Å². The minimum atomic E-state index is -0.844. The van der Waals surface area contributed by atoms with Crippen molar-refractivity contribution in [2.75, 3.05) is 26.3 Å². The van der Waals surface area contributed by atoms with Gasteiger partial charge in [0.05, 0.1) is 19.1 Å². The van der Waals surface area contributed by atoms with Crippen LogP contribution in [-0.2, 0) is 19.1 Å². The number of rotatable bonds is 4. The monoisotopic (exact) mass is 383 g/mol. The Labute approximate surface area is 166 Å². The van der Waals surface area contributed by atoms with Gasteiger partial charge in [0.1, 0.15) is 0 Å². The fourth-order valence-electron chi connectivity index (χ4n) is 6.34. The molecular weight excluding hydrogens is 354 g/mol. The van der Waals surface area contributed by atoms with Crippen LogP contribution in [0.2, 0.25) is 0 Å². The summed E-state index contributed by atoms with van der Waals surface area (Å²) in [5, 5.41) is 0. The van der Waals surface area contributed by atoms with Gasteiger partial charge in [0, 0.05) is 18.7 Å². The molecule has 0 unspecified atom stereocenters. The number of nitrogens with zero attached hydrogens (tertiary/aromatic N) is 1. The number of morpholine rings is 1. The third-order valence-corrected chi connectivity index (χ3v) is 7.38. The second kappa shape index (κ2) is 7.51. The molecule has 5 fully saturated rings. The lowest BCUT2D eigenvalue weighted by Crippen LogP contribution is -2.49. The molecule has 5 heteroatoms. The molecule has 1 saturated heterocycles. The van der Waals surface area contributed by atoms with Crippen molar-refractivity contribution >= 4 is 11.9 Å². The van der Waals surface area contributed by atoms with Crippen molar-refractivity contribution in [1.29, 1.82) is 0 Å². The molecule has 1 aromatic carbocycles. The largest absolute Gasteiger partial charge is 0.447 e. The zero-order valence-electron chi connectivity index (χ0n) is 16.3. The number of benzene rings is 1. The minimum Gasteiger partial charge on any atom is -0.447 e. The van der Waals surface area contributed by atoms with E-state index >= 15 is 0 Å². The summed E-state index contributed by atoms with van der Waals surface area (Å²) < 4.78 is 11.4. The van der Waals surface area contributed by atoms with Gasteiger partial charge in [0.15, 0.2) is 0 Å². The molecule has 0 radical (unpaired) electrons. The van der Waals surface area contributed by atoms with Gasteiger partial charge in [-0.2, -0.15) is 0 Å².